The molecule has 0 atom stereocenters. The maximum Gasteiger partial charge on any atom is 0.308 e. The number of amides is 1. The van der Waals surface area contributed by atoms with E-state index in [1.54, 1.807) is 27.1 Å². The second kappa shape index (κ2) is 10.2. The van der Waals surface area contributed by atoms with Crippen LogP contribution in [0.4, 0.5) is 0 Å². The van der Waals surface area contributed by atoms with E-state index >= 15 is 0 Å². The van der Waals surface area contributed by atoms with E-state index in [9.17, 15) is 18.0 Å². The van der Waals surface area contributed by atoms with Gasteiger partial charge in [-0.05, 0) is 43.5 Å². The van der Waals surface area contributed by atoms with Crippen LogP contribution in [-0.2, 0) is 27.9 Å². The van der Waals surface area contributed by atoms with Gasteiger partial charge in [-0.1, -0.05) is 54.0 Å². The lowest BCUT2D eigenvalue weighted by Gasteiger charge is -2.19. The summed E-state index contributed by atoms with van der Waals surface area (Å²) in [5, 5.41) is 2.88. The number of hydrogen-bond donors (Lipinski definition) is 1. The van der Waals surface area contributed by atoms with Crippen LogP contribution in [0.25, 0.3) is 10.2 Å². The van der Waals surface area contributed by atoms with Crippen molar-refractivity contribution in [2.24, 2.45) is 0 Å². The van der Waals surface area contributed by atoms with Crippen LogP contribution in [0.2, 0.25) is 0 Å². The minimum Gasteiger partial charge on any atom is -0.352 e. The first-order valence-corrected chi connectivity index (χ1v) is 13.6. The monoisotopic (exact) mass is 487 g/mol. The first kappa shape index (κ1) is 23.7. The number of fused-ring (bicyclic) bond motifs is 1. The van der Waals surface area contributed by atoms with Crippen molar-refractivity contribution in [1.29, 1.82) is 0 Å². The van der Waals surface area contributed by atoms with Crippen LogP contribution >= 0.6 is 11.3 Å². The van der Waals surface area contributed by atoms with Crippen molar-refractivity contribution < 1.29 is 13.2 Å². The van der Waals surface area contributed by atoms with E-state index in [4.69, 9.17) is 0 Å². The largest absolute Gasteiger partial charge is 0.352 e. The molecule has 176 valence electrons. The second-order valence-corrected chi connectivity index (χ2v) is 11.4. The average Bonchev–Trinajstić information content (AvgIpc) is 2.96. The Morgan fingerprint density at radius 2 is 1.73 bits per heavy atom. The molecule has 1 aliphatic rings. The summed E-state index contributed by atoms with van der Waals surface area (Å²) in [5.74, 6) is -0.137. The van der Waals surface area contributed by atoms with E-state index in [0.29, 0.717) is 29.9 Å². The molecule has 0 bridgehead atoms. The number of carbonyl (C=O) groups excluding carboxylic acids is 1. The number of nitrogens with zero attached hydrogens (tertiary/aromatic N) is 2. The molecule has 0 spiro atoms. The Hall–Kier alpha value is -2.49. The Morgan fingerprint density at radius 1 is 1.03 bits per heavy atom. The van der Waals surface area contributed by atoms with E-state index in [0.717, 1.165) is 48.1 Å². The Morgan fingerprint density at radius 3 is 2.42 bits per heavy atom. The van der Waals surface area contributed by atoms with E-state index in [-0.39, 0.29) is 28.6 Å². The third-order valence-corrected chi connectivity index (χ3v) is 8.85. The van der Waals surface area contributed by atoms with Crippen molar-refractivity contribution in [3.05, 3.63) is 63.3 Å². The second-order valence-electron chi connectivity index (χ2n) is 8.48. The van der Waals surface area contributed by atoms with E-state index in [2.05, 4.69) is 5.32 Å². The summed E-state index contributed by atoms with van der Waals surface area (Å²) in [6, 6.07) is 12.8. The SMILES string of the molecule is Cc1ccc(CNC(=O)CCn2c(=O)sc3cc(S(=O)(=O)N4CCCCCC4)ccc32)cc1. The molecule has 0 aliphatic carbocycles. The highest BCUT2D eigenvalue weighted by Gasteiger charge is 2.26. The quantitative estimate of drug-likeness (QED) is 0.551. The summed E-state index contributed by atoms with van der Waals surface area (Å²) in [5.41, 5.74) is 2.84. The van der Waals surface area contributed by atoms with Crippen molar-refractivity contribution in [2.75, 3.05) is 13.1 Å². The van der Waals surface area contributed by atoms with Crippen molar-refractivity contribution in [2.45, 2.75) is 57.0 Å². The third-order valence-electron chi connectivity index (χ3n) is 6.02. The normalized spacial score (nSPS) is 15.4. The van der Waals surface area contributed by atoms with Crippen molar-refractivity contribution in [3.8, 4) is 0 Å². The minimum atomic E-state index is -3.58. The maximum atomic E-state index is 13.1. The Kier molecular flexibility index (Phi) is 7.31. The minimum absolute atomic E-state index is 0.137. The lowest BCUT2D eigenvalue weighted by Crippen LogP contribution is -2.31. The van der Waals surface area contributed by atoms with Crippen molar-refractivity contribution in [1.82, 2.24) is 14.2 Å². The van der Waals surface area contributed by atoms with Crippen molar-refractivity contribution >= 4 is 37.5 Å². The van der Waals surface area contributed by atoms with Gasteiger partial charge in [-0.3, -0.25) is 14.2 Å². The first-order valence-electron chi connectivity index (χ1n) is 11.3. The number of aryl methyl sites for hydroxylation is 2. The molecule has 1 N–H and O–H groups in total. The number of benzene rings is 2. The van der Waals surface area contributed by atoms with Crippen LogP contribution in [0.3, 0.4) is 0 Å². The number of thiazole rings is 1. The molecule has 1 saturated heterocycles. The fourth-order valence-corrected chi connectivity index (χ4v) is 6.63. The van der Waals surface area contributed by atoms with Crippen LogP contribution in [0.1, 0.15) is 43.2 Å². The summed E-state index contributed by atoms with van der Waals surface area (Å²) in [4.78, 5) is 24.9. The number of sulfonamides is 1. The molecule has 0 saturated carbocycles. The molecule has 4 rings (SSSR count). The van der Waals surface area contributed by atoms with Gasteiger partial charge in [0, 0.05) is 32.6 Å². The van der Waals surface area contributed by atoms with Gasteiger partial charge in [0.1, 0.15) is 0 Å². The number of aromatic nitrogens is 1. The number of carbonyl (C=O) groups is 1. The maximum absolute atomic E-state index is 13.1. The van der Waals surface area contributed by atoms with Gasteiger partial charge in [0.05, 0.1) is 15.1 Å². The molecule has 1 amide bonds. The predicted octanol–water partition coefficient (Wildman–Crippen LogP) is 3.64. The summed E-state index contributed by atoms with van der Waals surface area (Å²) in [6.45, 7) is 3.77. The number of hydrogen-bond acceptors (Lipinski definition) is 5. The molecule has 0 unspecified atom stereocenters. The molecule has 0 radical (unpaired) electrons. The molecule has 7 nitrogen and oxygen atoms in total. The smallest absolute Gasteiger partial charge is 0.308 e. The molecule has 1 aliphatic heterocycles. The fourth-order valence-electron chi connectivity index (χ4n) is 4.06. The highest BCUT2D eigenvalue weighted by atomic mass is 32.2. The van der Waals surface area contributed by atoms with Gasteiger partial charge in [-0.15, -0.1) is 0 Å². The number of rotatable bonds is 7. The average molecular weight is 488 g/mol. The van der Waals surface area contributed by atoms with Gasteiger partial charge in [-0.2, -0.15) is 4.31 Å². The Labute approximate surface area is 198 Å². The van der Waals surface area contributed by atoms with Crippen LogP contribution in [0, 0.1) is 6.92 Å². The molecule has 2 heterocycles. The zero-order valence-electron chi connectivity index (χ0n) is 18.7. The predicted molar refractivity (Wildman–Crippen MR) is 131 cm³/mol. The molecule has 1 fully saturated rings. The lowest BCUT2D eigenvalue weighted by atomic mass is 10.1. The highest BCUT2D eigenvalue weighted by Crippen LogP contribution is 2.25. The Balaban J connectivity index is 1.44. The van der Waals surface area contributed by atoms with E-state index < -0.39 is 10.0 Å². The molecular formula is C24H29N3O4S2. The van der Waals surface area contributed by atoms with Gasteiger partial charge < -0.3 is 5.32 Å². The van der Waals surface area contributed by atoms with Gasteiger partial charge in [-0.25, -0.2) is 8.42 Å². The highest BCUT2D eigenvalue weighted by molar-refractivity contribution is 7.89. The van der Waals surface area contributed by atoms with Crippen molar-refractivity contribution in [3.63, 3.8) is 0 Å². The van der Waals surface area contributed by atoms with E-state index in [1.807, 2.05) is 31.2 Å². The molecule has 33 heavy (non-hydrogen) atoms. The molecule has 2 aromatic carbocycles. The zero-order valence-corrected chi connectivity index (χ0v) is 20.4. The van der Waals surface area contributed by atoms with Gasteiger partial charge in [0.25, 0.3) is 0 Å². The number of nitrogens with one attached hydrogen (secondary N) is 1. The fraction of sp³-hybridized carbons (Fsp3) is 0.417. The van der Waals surface area contributed by atoms with Gasteiger partial charge >= 0.3 is 4.87 Å². The van der Waals surface area contributed by atoms with Gasteiger partial charge in [0.2, 0.25) is 15.9 Å². The first-order chi connectivity index (χ1) is 15.8. The zero-order chi connectivity index (χ0) is 23.4. The topological polar surface area (TPSA) is 88.5 Å². The van der Waals surface area contributed by atoms with Crippen LogP contribution in [-0.4, -0.2) is 36.3 Å². The van der Waals surface area contributed by atoms with Crippen LogP contribution < -0.4 is 10.2 Å². The molecule has 9 heteroatoms. The van der Waals surface area contributed by atoms with Crippen LogP contribution in [0.15, 0.2) is 52.2 Å². The lowest BCUT2D eigenvalue weighted by molar-refractivity contribution is -0.121. The third kappa shape index (κ3) is 5.54. The summed E-state index contributed by atoms with van der Waals surface area (Å²) in [7, 11) is -3.58. The Bertz CT molecular complexity index is 1290. The molecule has 3 aromatic rings. The molecular weight excluding hydrogens is 458 g/mol. The summed E-state index contributed by atoms with van der Waals surface area (Å²) in [6.07, 6.45) is 4.02. The summed E-state index contributed by atoms with van der Waals surface area (Å²) >= 11 is 1.02. The molecule has 1 aromatic heterocycles. The standard InChI is InChI=1S/C24H29N3O4S2/c1-18-6-8-19(9-7-18)17-25-23(28)12-15-27-21-11-10-20(16-22(21)32-24(27)29)33(30,31)26-13-4-2-3-5-14-26/h6-11,16H,2-5,12-15,17H2,1H3,(H,25,28). The van der Waals surface area contributed by atoms with Gasteiger partial charge in [0.15, 0.2) is 0 Å². The van der Waals surface area contributed by atoms with E-state index in [1.165, 1.54) is 0 Å². The summed E-state index contributed by atoms with van der Waals surface area (Å²) < 4.78 is 29.9. The van der Waals surface area contributed by atoms with Crippen LogP contribution in [0.5, 0.6) is 0 Å².